The molecule has 0 fully saturated rings. The molecule has 3 aromatic rings. The summed E-state index contributed by atoms with van der Waals surface area (Å²) in [4.78, 5) is 46.0. The van der Waals surface area contributed by atoms with Crippen LogP contribution in [0, 0.1) is 20.8 Å². The number of carbonyl (C=O) groups excluding carboxylic acids is 3. The van der Waals surface area contributed by atoms with Gasteiger partial charge in [0.1, 0.15) is 13.2 Å². The van der Waals surface area contributed by atoms with Crippen LogP contribution in [0.25, 0.3) is 0 Å². The van der Waals surface area contributed by atoms with E-state index < -0.39 is 5.97 Å². The van der Waals surface area contributed by atoms with Gasteiger partial charge in [-0.1, -0.05) is 29.8 Å². The molecule has 1 aliphatic heterocycles. The van der Waals surface area contributed by atoms with Gasteiger partial charge in [0.2, 0.25) is 11.8 Å². The Morgan fingerprint density at radius 3 is 2.56 bits per heavy atom. The zero-order valence-electron chi connectivity index (χ0n) is 19.5. The van der Waals surface area contributed by atoms with Gasteiger partial charge in [-0.3, -0.25) is 24.2 Å². The molecular formula is C25H25N3O4S2. The van der Waals surface area contributed by atoms with Gasteiger partial charge in [0.25, 0.3) is 0 Å². The van der Waals surface area contributed by atoms with Crippen molar-refractivity contribution >= 4 is 57.4 Å². The zero-order chi connectivity index (χ0) is 24.4. The lowest BCUT2D eigenvalue weighted by atomic mass is 10.0. The number of amides is 2. The number of hydrogen-bond acceptors (Lipinski definition) is 7. The molecule has 0 unspecified atom stereocenters. The smallest absolute Gasteiger partial charge is 0.326 e. The van der Waals surface area contributed by atoms with Crippen LogP contribution in [-0.2, 0) is 25.7 Å². The van der Waals surface area contributed by atoms with Crippen LogP contribution in [-0.4, -0.2) is 35.1 Å². The molecule has 0 bridgehead atoms. The minimum absolute atomic E-state index is 0.0363. The van der Waals surface area contributed by atoms with Crippen LogP contribution < -0.4 is 9.80 Å². The Morgan fingerprint density at radius 2 is 1.85 bits per heavy atom. The summed E-state index contributed by atoms with van der Waals surface area (Å²) in [5.41, 5.74) is 5.18. The van der Waals surface area contributed by atoms with Crippen molar-refractivity contribution in [2.75, 3.05) is 22.1 Å². The average molecular weight is 496 g/mol. The van der Waals surface area contributed by atoms with E-state index in [1.165, 1.54) is 34.9 Å². The van der Waals surface area contributed by atoms with E-state index in [0.29, 0.717) is 16.6 Å². The summed E-state index contributed by atoms with van der Waals surface area (Å²) in [5.74, 6) is -0.498. The second-order valence-corrected chi connectivity index (χ2v) is 9.97. The fraction of sp³-hybridized carbons (Fsp3) is 0.280. The van der Waals surface area contributed by atoms with Gasteiger partial charge in [-0.15, -0.1) is 23.1 Å². The monoisotopic (exact) mass is 495 g/mol. The fourth-order valence-electron chi connectivity index (χ4n) is 4.03. The molecule has 0 N–H and O–H groups in total. The highest BCUT2D eigenvalue weighted by atomic mass is 32.2. The second-order valence-electron chi connectivity index (χ2n) is 8.12. The molecule has 2 heterocycles. The van der Waals surface area contributed by atoms with Crippen molar-refractivity contribution in [3.05, 3.63) is 64.2 Å². The Kier molecular flexibility index (Phi) is 7.04. The first-order valence-corrected chi connectivity index (χ1v) is 12.6. The molecule has 0 saturated heterocycles. The molecule has 176 valence electrons. The first-order valence-electron chi connectivity index (χ1n) is 10.8. The number of hydrogen-bond donors (Lipinski definition) is 0. The normalized spacial score (nSPS) is 12.9. The number of esters is 1. The van der Waals surface area contributed by atoms with Crippen LogP contribution in [0.15, 0.2) is 46.7 Å². The number of fused-ring (bicyclic) bond motifs is 1. The molecule has 0 atom stereocenters. The third-order valence-electron chi connectivity index (χ3n) is 5.38. The third-order valence-corrected chi connectivity index (χ3v) is 7.30. The number of rotatable bonds is 6. The maximum Gasteiger partial charge on any atom is 0.326 e. The summed E-state index contributed by atoms with van der Waals surface area (Å²) in [6.07, 6.45) is 0. The number of thiazole rings is 1. The second kappa shape index (κ2) is 9.99. The standard InChI is InChI=1S/C25H25N3O4S2/c1-15-9-16(2)24(17(3)10-15)28(18(4)29)25-26-19(13-34-25)12-32-23(31)11-27-20-7-5-6-8-21(20)33-14-22(27)30/h5-10,13H,11-12,14H2,1-4H3. The van der Waals surface area contributed by atoms with E-state index in [1.807, 2.05) is 57.2 Å². The van der Waals surface area contributed by atoms with Crippen molar-refractivity contribution in [1.82, 2.24) is 4.98 Å². The molecule has 9 heteroatoms. The molecule has 4 rings (SSSR count). The molecule has 0 saturated carbocycles. The SMILES string of the molecule is CC(=O)N(c1nc(COC(=O)CN2C(=O)CSc3ccccc32)cs1)c1c(C)cc(C)cc1C. The van der Waals surface area contributed by atoms with Crippen molar-refractivity contribution in [1.29, 1.82) is 0 Å². The molecule has 0 radical (unpaired) electrons. The van der Waals surface area contributed by atoms with E-state index in [-0.39, 0.29) is 25.0 Å². The fourth-order valence-corrected chi connectivity index (χ4v) is 5.83. The summed E-state index contributed by atoms with van der Waals surface area (Å²) in [7, 11) is 0. The van der Waals surface area contributed by atoms with Gasteiger partial charge in [-0.2, -0.15) is 0 Å². The number of aryl methyl sites for hydroxylation is 3. The number of aromatic nitrogens is 1. The Bertz CT molecular complexity index is 1250. The Labute approximate surface area is 206 Å². The molecule has 1 aromatic heterocycles. The zero-order valence-corrected chi connectivity index (χ0v) is 21.1. The first-order chi connectivity index (χ1) is 16.2. The minimum atomic E-state index is -0.516. The van der Waals surface area contributed by atoms with Crippen molar-refractivity contribution in [2.24, 2.45) is 0 Å². The van der Waals surface area contributed by atoms with Gasteiger partial charge < -0.3 is 4.74 Å². The molecule has 7 nitrogen and oxygen atoms in total. The van der Waals surface area contributed by atoms with E-state index in [9.17, 15) is 14.4 Å². The largest absolute Gasteiger partial charge is 0.458 e. The lowest BCUT2D eigenvalue weighted by molar-refractivity contribution is -0.144. The highest BCUT2D eigenvalue weighted by Crippen LogP contribution is 2.36. The summed E-state index contributed by atoms with van der Waals surface area (Å²) < 4.78 is 5.42. The van der Waals surface area contributed by atoms with Crippen LogP contribution >= 0.6 is 23.1 Å². The number of anilines is 3. The van der Waals surface area contributed by atoms with Crippen LogP contribution in [0.2, 0.25) is 0 Å². The van der Waals surface area contributed by atoms with Gasteiger partial charge in [0, 0.05) is 17.2 Å². The molecule has 2 aromatic carbocycles. The molecule has 0 aliphatic carbocycles. The van der Waals surface area contributed by atoms with E-state index >= 15 is 0 Å². The number of thioether (sulfide) groups is 1. The Hall–Kier alpha value is -3.17. The van der Waals surface area contributed by atoms with E-state index in [4.69, 9.17) is 4.74 Å². The van der Waals surface area contributed by atoms with Crippen LogP contribution in [0.4, 0.5) is 16.5 Å². The van der Waals surface area contributed by atoms with Crippen LogP contribution in [0.5, 0.6) is 0 Å². The van der Waals surface area contributed by atoms with Crippen molar-refractivity contribution in [3.63, 3.8) is 0 Å². The topological polar surface area (TPSA) is 79.8 Å². The highest BCUT2D eigenvalue weighted by molar-refractivity contribution is 8.00. The van der Waals surface area contributed by atoms with Crippen molar-refractivity contribution in [2.45, 2.75) is 39.2 Å². The first kappa shape index (κ1) is 24.0. The van der Waals surface area contributed by atoms with Gasteiger partial charge in [0.15, 0.2) is 5.13 Å². The van der Waals surface area contributed by atoms with Crippen LogP contribution in [0.3, 0.4) is 0 Å². The van der Waals surface area contributed by atoms with Crippen molar-refractivity contribution < 1.29 is 19.1 Å². The van der Waals surface area contributed by atoms with E-state index in [1.54, 1.807) is 10.3 Å². The highest BCUT2D eigenvalue weighted by Gasteiger charge is 2.27. The number of benzene rings is 2. The summed E-state index contributed by atoms with van der Waals surface area (Å²) in [6, 6.07) is 11.6. The maximum atomic E-state index is 12.5. The van der Waals surface area contributed by atoms with Gasteiger partial charge in [0.05, 0.1) is 22.8 Å². The van der Waals surface area contributed by atoms with Crippen LogP contribution in [0.1, 0.15) is 29.3 Å². The number of ether oxygens (including phenoxy) is 1. The van der Waals surface area contributed by atoms with Gasteiger partial charge in [-0.25, -0.2) is 4.98 Å². The summed E-state index contributed by atoms with van der Waals surface area (Å²) >= 11 is 2.78. The lowest BCUT2D eigenvalue weighted by Gasteiger charge is -2.27. The Morgan fingerprint density at radius 1 is 1.15 bits per heavy atom. The van der Waals surface area contributed by atoms with Crippen molar-refractivity contribution in [3.8, 4) is 0 Å². The quantitative estimate of drug-likeness (QED) is 0.451. The van der Waals surface area contributed by atoms with E-state index in [2.05, 4.69) is 4.98 Å². The predicted octanol–water partition coefficient (Wildman–Crippen LogP) is 4.94. The average Bonchev–Trinajstić information content (AvgIpc) is 3.24. The Balaban J connectivity index is 1.45. The van der Waals surface area contributed by atoms with Gasteiger partial charge in [-0.05, 0) is 44.0 Å². The minimum Gasteiger partial charge on any atom is -0.458 e. The molecular weight excluding hydrogens is 470 g/mol. The summed E-state index contributed by atoms with van der Waals surface area (Å²) in [5, 5.41) is 2.29. The van der Waals surface area contributed by atoms with Gasteiger partial charge >= 0.3 is 5.97 Å². The lowest BCUT2D eigenvalue weighted by Crippen LogP contribution is -2.39. The van der Waals surface area contributed by atoms with E-state index in [0.717, 1.165) is 33.0 Å². The summed E-state index contributed by atoms with van der Waals surface area (Å²) in [6.45, 7) is 7.28. The molecule has 34 heavy (non-hydrogen) atoms. The third kappa shape index (κ3) is 5.00. The number of para-hydroxylation sites is 1. The predicted molar refractivity (Wildman–Crippen MR) is 135 cm³/mol. The number of carbonyl (C=O) groups is 3. The maximum absolute atomic E-state index is 12.5. The molecule has 1 aliphatic rings. The molecule has 2 amide bonds. The molecule has 0 spiro atoms. The number of nitrogens with zero attached hydrogens (tertiary/aromatic N) is 3.